The van der Waals surface area contributed by atoms with Crippen LogP contribution in [0, 0.1) is 5.82 Å². The van der Waals surface area contributed by atoms with Crippen LogP contribution in [-0.4, -0.2) is 10.2 Å². The van der Waals surface area contributed by atoms with Gasteiger partial charge in [-0.1, -0.05) is 12.1 Å². The van der Waals surface area contributed by atoms with E-state index in [-0.39, 0.29) is 5.82 Å². The zero-order chi connectivity index (χ0) is 10.3. The molecule has 1 atom stereocenters. The third-order valence-electron chi connectivity index (χ3n) is 3.08. The molecule has 2 aromatic rings. The number of H-pyrrole nitrogens is 1. The highest BCUT2D eigenvalue weighted by molar-refractivity contribution is 5.37. The lowest BCUT2D eigenvalue weighted by Gasteiger charge is -2.09. The Morgan fingerprint density at radius 3 is 2.87 bits per heavy atom. The second-order valence-electron chi connectivity index (χ2n) is 3.95. The number of benzene rings is 1. The number of nitrogens with zero attached hydrogens (tertiary/aromatic N) is 1. The van der Waals surface area contributed by atoms with Gasteiger partial charge in [-0.2, -0.15) is 5.10 Å². The van der Waals surface area contributed by atoms with Gasteiger partial charge in [-0.3, -0.25) is 5.10 Å². The van der Waals surface area contributed by atoms with Crippen LogP contribution in [0.4, 0.5) is 4.39 Å². The highest BCUT2D eigenvalue weighted by atomic mass is 19.1. The molecule has 1 aliphatic rings. The molecule has 1 N–H and O–H groups in total. The summed E-state index contributed by atoms with van der Waals surface area (Å²) in [6, 6.07) is 6.77. The van der Waals surface area contributed by atoms with Crippen LogP contribution in [0.25, 0.3) is 0 Å². The summed E-state index contributed by atoms with van der Waals surface area (Å²) >= 11 is 0. The molecule has 1 unspecified atom stereocenters. The van der Waals surface area contributed by atoms with E-state index in [1.807, 2.05) is 18.3 Å². The minimum absolute atomic E-state index is 0.177. The van der Waals surface area contributed by atoms with Crippen molar-refractivity contribution in [2.24, 2.45) is 0 Å². The van der Waals surface area contributed by atoms with Crippen molar-refractivity contribution < 1.29 is 4.39 Å². The van der Waals surface area contributed by atoms with Crippen LogP contribution < -0.4 is 0 Å². The zero-order valence-electron chi connectivity index (χ0n) is 8.20. The fourth-order valence-corrected chi connectivity index (χ4v) is 2.31. The van der Waals surface area contributed by atoms with Crippen molar-refractivity contribution in [3.05, 3.63) is 53.1 Å². The molecular weight excluding hydrogens is 191 g/mol. The van der Waals surface area contributed by atoms with Gasteiger partial charge in [0.15, 0.2) is 0 Å². The standard InChI is InChI=1S/C12H11FN2/c13-9-3-1-8(2-4-9)10-5-6-12-11(10)7-14-15-12/h1-4,7,10H,5-6H2,(H,14,15). The highest BCUT2D eigenvalue weighted by Gasteiger charge is 2.25. The SMILES string of the molecule is Fc1ccc(C2CCc3[nH]ncc32)cc1. The predicted octanol–water partition coefficient (Wildman–Crippen LogP) is 2.63. The summed E-state index contributed by atoms with van der Waals surface area (Å²) in [6.45, 7) is 0. The molecule has 15 heavy (non-hydrogen) atoms. The van der Waals surface area contributed by atoms with Crippen molar-refractivity contribution in [3.63, 3.8) is 0 Å². The molecule has 2 nitrogen and oxygen atoms in total. The molecule has 1 heterocycles. The van der Waals surface area contributed by atoms with Crippen LogP contribution in [0.2, 0.25) is 0 Å². The Balaban J connectivity index is 2.00. The van der Waals surface area contributed by atoms with Crippen molar-refractivity contribution in [1.29, 1.82) is 0 Å². The van der Waals surface area contributed by atoms with E-state index < -0.39 is 0 Å². The third kappa shape index (κ3) is 1.35. The van der Waals surface area contributed by atoms with Gasteiger partial charge in [0.2, 0.25) is 0 Å². The number of fused-ring (bicyclic) bond motifs is 1. The highest BCUT2D eigenvalue weighted by Crippen LogP contribution is 2.36. The van der Waals surface area contributed by atoms with Gasteiger partial charge in [0.1, 0.15) is 5.82 Å². The van der Waals surface area contributed by atoms with Crippen molar-refractivity contribution in [2.75, 3.05) is 0 Å². The fraction of sp³-hybridized carbons (Fsp3) is 0.250. The molecule has 0 amide bonds. The van der Waals surface area contributed by atoms with E-state index in [0.717, 1.165) is 12.8 Å². The van der Waals surface area contributed by atoms with Gasteiger partial charge in [0, 0.05) is 17.2 Å². The molecular formula is C12H11FN2. The number of aryl methyl sites for hydroxylation is 1. The number of aromatic nitrogens is 2. The van der Waals surface area contributed by atoms with Gasteiger partial charge in [0.25, 0.3) is 0 Å². The number of hydrogen-bond donors (Lipinski definition) is 1. The number of aromatic amines is 1. The average Bonchev–Trinajstić information content (AvgIpc) is 2.80. The molecule has 76 valence electrons. The summed E-state index contributed by atoms with van der Waals surface area (Å²) in [5, 5.41) is 7.04. The van der Waals surface area contributed by atoms with Crippen LogP contribution in [0.15, 0.2) is 30.5 Å². The Morgan fingerprint density at radius 1 is 1.27 bits per heavy atom. The first-order chi connectivity index (χ1) is 7.34. The summed E-state index contributed by atoms with van der Waals surface area (Å²) in [4.78, 5) is 0. The van der Waals surface area contributed by atoms with Gasteiger partial charge < -0.3 is 0 Å². The Kier molecular flexibility index (Phi) is 1.84. The molecule has 0 saturated carbocycles. The lowest BCUT2D eigenvalue weighted by Crippen LogP contribution is -1.95. The van der Waals surface area contributed by atoms with Crippen molar-refractivity contribution in [3.8, 4) is 0 Å². The Morgan fingerprint density at radius 2 is 2.07 bits per heavy atom. The molecule has 1 aromatic carbocycles. The van der Waals surface area contributed by atoms with Crippen molar-refractivity contribution >= 4 is 0 Å². The summed E-state index contributed by atoms with van der Waals surface area (Å²) in [5.74, 6) is 0.212. The van der Waals surface area contributed by atoms with Crippen molar-refractivity contribution in [1.82, 2.24) is 10.2 Å². The molecule has 0 saturated heterocycles. The molecule has 3 rings (SSSR count). The van der Waals surface area contributed by atoms with Gasteiger partial charge in [0.05, 0.1) is 6.20 Å². The van der Waals surface area contributed by atoms with E-state index >= 15 is 0 Å². The lowest BCUT2D eigenvalue weighted by atomic mass is 9.95. The van der Waals surface area contributed by atoms with E-state index in [0.29, 0.717) is 5.92 Å². The monoisotopic (exact) mass is 202 g/mol. The van der Waals surface area contributed by atoms with E-state index in [9.17, 15) is 4.39 Å². The van der Waals surface area contributed by atoms with Crippen LogP contribution in [0.1, 0.15) is 29.2 Å². The van der Waals surface area contributed by atoms with Crippen LogP contribution in [0.3, 0.4) is 0 Å². The normalized spacial score (nSPS) is 19.1. The summed E-state index contributed by atoms with van der Waals surface area (Å²) in [5.41, 5.74) is 3.67. The van der Waals surface area contributed by atoms with E-state index in [1.165, 1.54) is 29.0 Å². The number of nitrogens with one attached hydrogen (secondary N) is 1. The fourth-order valence-electron chi connectivity index (χ4n) is 2.31. The second-order valence-corrected chi connectivity index (χ2v) is 3.95. The first-order valence-electron chi connectivity index (χ1n) is 5.12. The second kappa shape index (κ2) is 3.19. The topological polar surface area (TPSA) is 28.7 Å². The minimum atomic E-state index is -0.177. The van der Waals surface area contributed by atoms with Gasteiger partial charge in [-0.25, -0.2) is 4.39 Å². The predicted molar refractivity (Wildman–Crippen MR) is 55.2 cm³/mol. The summed E-state index contributed by atoms with van der Waals surface area (Å²) in [6.07, 6.45) is 4.02. The molecule has 0 spiro atoms. The first kappa shape index (κ1) is 8.65. The Bertz CT molecular complexity index is 473. The van der Waals surface area contributed by atoms with E-state index in [2.05, 4.69) is 10.2 Å². The number of rotatable bonds is 1. The molecule has 3 heteroatoms. The van der Waals surface area contributed by atoms with Crippen LogP contribution in [-0.2, 0) is 6.42 Å². The van der Waals surface area contributed by atoms with Crippen molar-refractivity contribution in [2.45, 2.75) is 18.8 Å². The third-order valence-corrected chi connectivity index (χ3v) is 3.08. The first-order valence-corrected chi connectivity index (χ1v) is 5.12. The molecule has 0 bridgehead atoms. The Labute approximate surface area is 87.1 Å². The largest absolute Gasteiger partial charge is 0.282 e. The maximum absolute atomic E-state index is 12.8. The molecule has 0 radical (unpaired) electrons. The van der Waals surface area contributed by atoms with Crippen LogP contribution >= 0.6 is 0 Å². The average molecular weight is 202 g/mol. The minimum Gasteiger partial charge on any atom is -0.282 e. The molecule has 0 fully saturated rings. The maximum atomic E-state index is 12.8. The molecule has 1 aliphatic carbocycles. The smallest absolute Gasteiger partial charge is 0.123 e. The molecule has 1 aromatic heterocycles. The molecule has 0 aliphatic heterocycles. The van der Waals surface area contributed by atoms with Crippen LogP contribution in [0.5, 0.6) is 0 Å². The summed E-state index contributed by atoms with van der Waals surface area (Å²) in [7, 11) is 0. The quantitative estimate of drug-likeness (QED) is 0.756. The van der Waals surface area contributed by atoms with E-state index in [4.69, 9.17) is 0 Å². The lowest BCUT2D eigenvalue weighted by molar-refractivity contribution is 0.626. The van der Waals surface area contributed by atoms with Gasteiger partial charge in [-0.05, 0) is 30.5 Å². The Hall–Kier alpha value is -1.64. The van der Waals surface area contributed by atoms with Gasteiger partial charge in [-0.15, -0.1) is 0 Å². The van der Waals surface area contributed by atoms with E-state index in [1.54, 1.807) is 0 Å². The zero-order valence-corrected chi connectivity index (χ0v) is 8.20. The summed E-state index contributed by atoms with van der Waals surface area (Å²) < 4.78 is 12.8. The van der Waals surface area contributed by atoms with Gasteiger partial charge >= 0.3 is 0 Å². The maximum Gasteiger partial charge on any atom is 0.123 e. The number of halogens is 1. The number of hydrogen-bond acceptors (Lipinski definition) is 1.